The maximum absolute atomic E-state index is 10.9. The molecule has 0 spiro atoms. The molecule has 0 aliphatic rings. The predicted octanol–water partition coefficient (Wildman–Crippen LogP) is 4.27. The first-order chi connectivity index (χ1) is 8.74. The van der Waals surface area contributed by atoms with Gasteiger partial charge in [-0.1, -0.05) is 36.4 Å². The highest BCUT2D eigenvalue weighted by Crippen LogP contribution is 2.30. The number of hydrogen-bond donors (Lipinski definition) is 1. The highest BCUT2D eigenvalue weighted by molar-refractivity contribution is 7.17. The summed E-state index contributed by atoms with van der Waals surface area (Å²) in [6.07, 6.45) is 0. The molecular weight excluding hydrogens is 244 g/mol. The maximum atomic E-state index is 10.9. The van der Waals surface area contributed by atoms with Gasteiger partial charge in [0, 0.05) is 4.88 Å². The molecule has 0 fully saturated rings. The third-order valence-electron chi connectivity index (χ3n) is 2.85. The van der Waals surface area contributed by atoms with Gasteiger partial charge >= 0.3 is 5.97 Å². The molecule has 0 atom stereocenters. The number of carbonyl (C=O) groups is 1. The van der Waals surface area contributed by atoms with Crippen LogP contribution in [0.15, 0.2) is 54.6 Å². The Morgan fingerprint density at radius 2 is 1.72 bits per heavy atom. The van der Waals surface area contributed by atoms with Crippen LogP contribution >= 0.6 is 11.3 Å². The largest absolute Gasteiger partial charge is 0.477 e. The molecule has 0 bridgehead atoms. The molecule has 2 nitrogen and oxygen atoms in total. The van der Waals surface area contributed by atoms with Gasteiger partial charge in [0.25, 0.3) is 0 Å². The lowest BCUT2D eigenvalue weighted by Gasteiger charge is -2.01. The average Bonchev–Trinajstić information content (AvgIpc) is 2.88. The van der Waals surface area contributed by atoms with Crippen molar-refractivity contribution in [2.24, 2.45) is 0 Å². The van der Waals surface area contributed by atoms with Crippen molar-refractivity contribution in [1.82, 2.24) is 0 Å². The van der Waals surface area contributed by atoms with Gasteiger partial charge in [-0.15, -0.1) is 11.3 Å². The minimum absolute atomic E-state index is 0.373. The van der Waals surface area contributed by atoms with Crippen molar-refractivity contribution >= 4 is 28.1 Å². The normalized spacial score (nSPS) is 10.7. The number of hydrogen-bond acceptors (Lipinski definition) is 2. The van der Waals surface area contributed by atoms with Crippen LogP contribution in [0.4, 0.5) is 0 Å². The molecule has 0 unspecified atom stereocenters. The average molecular weight is 254 g/mol. The maximum Gasteiger partial charge on any atom is 0.345 e. The summed E-state index contributed by atoms with van der Waals surface area (Å²) in [7, 11) is 0. The lowest BCUT2D eigenvalue weighted by molar-refractivity contribution is 0.0702. The Hall–Kier alpha value is -2.13. The smallest absolute Gasteiger partial charge is 0.345 e. The Morgan fingerprint density at radius 3 is 2.44 bits per heavy atom. The molecule has 1 aromatic heterocycles. The van der Waals surface area contributed by atoms with Crippen LogP contribution in [0.5, 0.6) is 0 Å². The van der Waals surface area contributed by atoms with E-state index in [1.165, 1.54) is 22.1 Å². The monoisotopic (exact) mass is 254 g/mol. The molecule has 0 saturated carbocycles. The first-order valence-corrected chi connectivity index (χ1v) is 6.38. The van der Waals surface area contributed by atoms with Crippen molar-refractivity contribution in [3.05, 3.63) is 59.5 Å². The summed E-state index contributed by atoms with van der Waals surface area (Å²) in [5.74, 6) is -0.868. The van der Waals surface area contributed by atoms with E-state index in [0.29, 0.717) is 4.88 Å². The zero-order chi connectivity index (χ0) is 12.5. The van der Waals surface area contributed by atoms with Crippen LogP contribution in [0.1, 0.15) is 9.67 Å². The molecule has 1 heterocycles. The molecule has 0 radical (unpaired) electrons. The Morgan fingerprint density at radius 1 is 0.944 bits per heavy atom. The highest BCUT2D eigenvalue weighted by atomic mass is 32.1. The van der Waals surface area contributed by atoms with E-state index in [1.54, 1.807) is 6.07 Å². The third kappa shape index (κ3) is 1.89. The lowest BCUT2D eigenvalue weighted by atomic mass is 10.1. The molecule has 0 amide bonds. The summed E-state index contributed by atoms with van der Waals surface area (Å²) in [5.41, 5.74) is 1.06. The zero-order valence-electron chi connectivity index (χ0n) is 9.46. The van der Waals surface area contributed by atoms with Gasteiger partial charge in [-0.05, 0) is 34.5 Å². The summed E-state index contributed by atoms with van der Waals surface area (Å²) in [6, 6.07) is 17.8. The number of fused-ring (bicyclic) bond motifs is 1. The van der Waals surface area contributed by atoms with Crippen molar-refractivity contribution in [2.45, 2.75) is 0 Å². The highest BCUT2D eigenvalue weighted by Gasteiger charge is 2.08. The summed E-state index contributed by atoms with van der Waals surface area (Å²) >= 11 is 1.30. The minimum Gasteiger partial charge on any atom is -0.477 e. The topological polar surface area (TPSA) is 37.3 Å². The second kappa shape index (κ2) is 4.27. The quantitative estimate of drug-likeness (QED) is 0.741. The predicted molar refractivity (Wildman–Crippen MR) is 74.2 cm³/mol. The molecule has 18 heavy (non-hydrogen) atoms. The number of benzene rings is 2. The van der Waals surface area contributed by atoms with Gasteiger partial charge in [-0.2, -0.15) is 0 Å². The number of carboxylic acids is 1. The summed E-state index contributed by atoms with van der Waals surface area (Å²) < 4.78 is 0. The van der Waals surface area contributed by atoms with E-state index < -0.39 is 5.97 Å². The van der Waals surface area contributed by atoms with Crippen LogP contribution in [0, 0.1) is 0 Å². The van der Waals surface area contributed by atoms with E-state index in [1.807, 2.05) is 24.3 Å². The lowest BCUT2D eigenvalue weighted by Crippen LogP contribution is -1.89. The van der Waals surface area contributed by atoms with Gasteiger partial charge in [-0.3, -0.25) is 0 Å². The molecule has 0 aliphatic carbocycles. The van der Waals surface area contributed by atoms with Crippen LogP contribution in [0.25, 0.3) is 21.2 Å². The zero-order valence-corrected chi connectivity index (χ0v) is 10.3. The third-order valence-corrected chi connectivity index (χ3v) is 3.97. The van der Waals surface area contributed by atoms with E-state index in [2.05, 4.69) is 24.3 Å². The molecule has 3 rings (SSSR count). The molecule has 1 N–H and O–H groups in total. The molecule has 2 aromatic carbocycles. The second-order valence-corrected chi connectivity index (χ2v) is 5.11. The summed E-state index contributed by atoms with van der Waals surface area (Å²) in [4.78, 5) is 12.2. The van der Waals surface area contributed by atoms with Gasteiger partial charge in [0.2, 0.25) is 0 Å². The molecule has 0 aliphatic heterocycles. The Balaban J connectivity index is 2.10. The van der Waals surface area contributed by atoms with Crippen molar-refractivity contribution in [1.29, 1.82) is 0 Å². The van der Waals surface area contributed by atoms with E-state index in [4.69, 9.17) is 5.11 Å². The molecule has 3 aromatic rings. The Kier molecular flexibility index (Phi) is 2.61. The first-order valence-electron chi connectivity index (χ1n) is 5.56. The van der Waals surface area contributed by atoms with E-state index in [-0.39, 0.29) is 0 Å². The Labute approximate surface area is 108 Å². The summed E-state index contributed by atoms with van der Waals surface area (Å²) in [5, 5.41) is 11.3. The molecule has 0 saturated heterocycles. The Bertz CT molecular complexity index is 728. The number of carboxylic acid groups (broad SMARTS) is 1. The van der Waals surface area contributed by atoms with Gasteiger partial charge in [0.05, 0.1) is 0 Å². The van der Waals surface area contributed by atoms with E-state index >= 15 is 0 Å². The van der Waals surface area contributed by atoms with E-state index in [0.717, 1.165) is 10.4 Å². The fourth-order valence-corrected chi connectivity index (χ4v) is 2.79. The molecular formula is C15H10O2S. The standard InChI is InChI=1S/C15H10O2S/c16-15(17)14-8-7-13(18-14)12-6-5-10-3-1-2-4-11(10)9-12/h1-9H,(H,16,17). The second-order valence-electron chi connectivity index (χ2n) is 4.03. The van der Waals surface area contributed by atoms with E-state index in [9.17, 15) is 4.79 Å². The molecule has 88 valence electrons. The fourth-order valence-electron chi connectivity index (χ4n) is 1.95. The van der Waals surface area contributed by atoms with Crippen LogP contribution in [-0.4, -0.2) is 11.1 Å². The van der Waals surface area contributed by atoms with Crippen LogP contribution < -0.4 is 0 Å². The number of rotatable bonds is 2. The summed E-state index contributed by atoms with van der Waals surface area (Å²) in [6.45, 7) is 0. The van der Waals surface area contributed by atoms with Gasteiger partial charge in [0.1, 0.15) is 4.88 Å². The number of aromatic carboxylic acids is 1. The number of thiophene rings is 1. The SMILES string of the molecule is O=C(O)c1ccc(-c2ccc3ccccc3c2)s1. The van der Waals surface area contributed by atoms with Gasteiger partial charge < -0.3 is 5.11 Å². The van der Waals surface area contributed by atoms with Crippen molar-refractivity contribution in [3.8, 4) is 10.4 Å². The first kappa shape index (κ1) is 11.0. The molecule has 3 heteroatoms. The minimum atomic E-state index is -0.868. The van der Waals surface area contributed by atoms with Crippen LogP contribution in [0.3, 0.4) is 0 Å². The van der Waals surface area contributed by atoms with Crippen molar-refractivity contribution in [3.63, 3.8) is 0 Å². The van der Waals surface area contributed by atoms with Crippen LogP contribution in [0.2, 0.25) is 0 Å². The van der Waals surface area contributed by atoms with Gasteiger partial charge in [0.15, 0.2) is 0 Å². The van der Waals surface area contributed by atoms with Crippen LogP contribution in [-0.2, 0) is 0 Å². The fraction of sp³-hybridized carbons (Fsp3) is 0. The van der Waals surface area contributed by atoms with Crippen molar-refractivity contribution in [2.75, 3.05) is 0 Å². The van der Waals surface area contributed by atoms with Crippen molar-refractivity contribution < 1.29 is 9.90 Å². The van der Waals surface area contributed by atoms with Gasteiger partial charge in [-0.25, -0.2) is 4.79 Å².